The van der Waals surface area contributed by atoms with Crippen molar-refractivity contribution in [2.24, 2.45) is 5.92 Å². The number of aromatic nitrogens is 1. The van der Waals surface area contributed by atoms with Crippen LogP contribution in [0.15, 0.2) is 5.38 Å². The van der Waals surface area contributed by atoms with E-state index in [0.29, 0.717) is 31.2 Å². The van der Waals surface area contributed by atoms with Gasteiger partial charge in [0.25, 0.3) is 7.41 Å². The summed E-state index contributed by atoms with van der Waals surface area (Å²) in [4.78, 5) is 28.9. The maximum Gasteiger partial charge on any atom is 0.357 e. The van der Waals surface area contributed by atoms with Gasteiger partial charge >= 0.3 is 5.97 Å². The van der Waals surface area contributed by atoms with E-state index in [-0.39, 0.29) is 12.1 Å². The lowest BCUT2D eigenvalue weighted by Crippen LogP contribution is -2.40. The summed E-state index contributed by atoms with van der Waals surface area (Å²) < 4.78 is 10.8. The largest absolute Gasteiger partial charge is 0.461 e. The highest BCUT2D eigenvalue weighted by Gasteiger charge is 2.27. The second-order valence-electron chi connectivity index (χ2n) is 5.73. The molecule has 0 unspecified atom stereocenters. The molecule has 0 saturated carbocycles. The zero-order valence-corrected chi connectivity index (χ0v) is 15.8. The van der Waals surface area contributed by atoms with E-state index in [9.17, 15) is 9.59 Å². The first-order valence-corrected chi connectivity index (χ1v) is 9.07. The molecule has 133 valence electrons. The highest BCUT2D eigenvalue weighted by atomic mass is 32.1. The standard InChI is InChI=1S/C16H26BN2O4S/c1-6-22-14(8-13(11(3)4)19(5)17-10-20)15-18-12(9-24-15)16(21)23-7-2/h9-11,13-14H,6-8H2,1-5H3/t13-,14-/m1/s1. The fraction of sp³-hybridized carbons (Fsp3) is 0.688. The SMILES string of the molecule is CCOC(=O)c1csc([C@@H](C[C@H](C(C)C)N(C)[B]C=O)OCC)n1. The third kappa shape index (κ3) is 6.00. The van der Waals surface area contributed by atoms with Crippen LogP contribution in [0.25, 0.3) is 0 Å². The Morgan fingerprint density at radius 2 is 2.12 bits per heavy atom. The number of hydrogen-bond acceptors (Lipinski definition) is 7. The van der Waals surface area contributed by atoms with E-state index in [0.717, 1.165) is 11.2 Å². The third-order valence-corrected chi connectivity index (χ3v) is 4.63. The molecule has 2 atom stereocenters. The van der Waals surface area contributed by atoms with E-state index in [1.54, 1.807) is 12.3 Å². The molecule has 0 amide bonds. The average Bonchev–Trinajstić information content (AvgIpc) is 3.01. The van der Waals surface area contributed by atoms with Crippen molar-refractivity contribution < 1.29 is 19.1 Å². The van der Waals surface area contributed by atoms with E-state index < -0.39 is 5.97 Å². The van der Waals surface area contributed by atoms with E-state index in [2.05, 4.69) is 18.8 Å². The molecule has 1 heterocycles. The van der Waals surface area contributed by atoms with Gasteiger partial charge in [0.15, 0.2) is 5.69 Å². The Kier molecular flexibility index (Phi) is 9.17. The first-order valence-electron chi connectivity index (χ1n) is 8.19. The lowest BCUT2D eigenvalue weighted by atomic mass is 9.86. The van der Waals surface area contributed by atoms with Crippen LogP contribution in [0.1, 0.15) is 55.7 Å². The molecule has 8 heteroatoms. The van der Waals surface area contributed by atoms with E-state index in [4.69, 9.17) is 9.47 Å². The maximum atomic E-state index is 11.8. The molecule has 24 heavy (non-hydrogen) atoms. The molecule has 0 aliphatic carbocycles. The fourth-order valence-electron chi connectivity index (χ4n) is 2.51. The van der Waals surface area contributed by atoms with Gasteiger partial charge in [-0.05, 0) is 33.2 Å². The van der Waals surface area contributed by atoms with Crippen molar-refractivity contribution in [1.82, 2.24) is 9.79 Å². The molecule has 0 aliphatic rings. The Bertz CT molecular complexity index is 524. The van der Waals surface area contributed by atoms with Crippen molar-refractivity contribution in [3.8, 4) is 0 Å². The van der Waals surface area contributed by atoms with Gasteiger partial charge in [0.2, 0.25) is 0 Å². The zero-order chi connectivity index (χ0) is 18.1. The van der Waals surface area contributed by atoms with Crippen LogP contribution in [-0.4, -0.2) is 55.7 Å². The quantitative estimate of drug-likeness (QED) is 0.346. The number of thiazole rings is 1. The van der Waals surface area contributed by atoms with Crippen molar-refractivity contribution >= 4 is 30.9 Å². The minimum atomic E-state index is -0.415. The molecule has 0 aromatic carbocycles. The molecular formula is C16H26BN2O4S. The zero-order valence-electron chi connectivity index (χ0n) is 15.0. The molecule has 0 bridgehead atoms. The molecule has 6 nitrogen and oxygen atoms in total. The summed E-state index contributed by atoms with van der Waals surface area (Å²) in [6.07, 6.45) is 1.24. The lowest BCUT2D eigenvalue weighted by Gasteiger charge is -2.32. The van der Waals surface area contributed by atoms with Crippen molar-refractivity contribution in [3.63, 3.8) is 0 Å². The maximum absolute atomic E-state index is 11.8. The predicted octanol–water partition coefficient (Wildman–Crippen LogP) is 2.55. The molecule has 0 fully saturated rings. The number of carbonyl (C=O) groups is 2. The van der Waals surface area contributed by atoms with Crippen molar-refractivity contribution in [2.45, 2.75) is 46.3 Å². The van der Waals surface area contributed by atoms with Gasteiger partial charge in [0, 0.05) is 18.0 Å². The highest BCUT2D eigenvalue weighted by molar-refractivity contribution is 7.09. The third-order valence-electron chi connectivity index (χ3n) is 3.69. The molecule has 0 aliphatic heterocycles. The Morgan fingerprint density at radius 1 is 1.42 bits per heavy atom. The minimum absolute atomic E-state index is 0.127. The van der Waals surface area contributed by atoms with Crippen molar-refractivity contribution in [2.75, 3.05) is 20.3 Å². The van der Waals surface area contributed by atoms with Crippen molar-refractivity contribution in [1.29, 1.82) is 0 Å². The summed E-state index contributed by atoms with van der Waals surface area (Å²) in [6, 6.07) is 0.127. The van der Waals surface area contributed by atoms with Gasteiger partial charge in [-0.15, -0.1) is 11.3 Å². The van der Waals surface area contributed by atoms with Crippen LogP contribution < -0.4 is 0 Å². The van der Waals surface area contributed by atoms with Gasteiger partial charge in [-0.25, -0.2) is 9.78 Å². The fourth-order valence-corrected chi connectivity index (χ4v) is 3.36. The van der Waals surface area contributed by atoms with Gasteiger partial charge in [-0.3, -0.25) is 0 Å². The number of rotatable bonds is 11. The van der Waals surface area contributed by atoms with Gasteiger partial charge in [-0.2, -0.15) is 0 Å². The molecule has 1 rings (SSSR count). The van der Waals surface area contributed by atoms with Crippen LogP contribution in [0.4, 0.5) is 0 Å². The molecule has 1 aromatic rings. The summed E-state index contributed by atoms with van der Waals surface area (Å²) in [7, 11) is 3.41. The van der Waals surface area contributed by atoms with Crippen molar-refractivity contribution in [3.05, 3.63) is 16.1 Å². The Hall–Kier alpha value is -1.25. The van der Waals surface area contributed by atoms with Crippen LogP contribution in [0.3, 0.4) is 0 Å². The first-order chi connectivity index (χ1) is 11.4. The monoisotopic (exact) mass is 353 g/mol. The van der Waals surface area contributed by atoms with Crippen LogP contribution in [0.5, 0.6) is 0 Å². The van der Waals surface area contributed by atoms with Crippen LogP contribution >= 0.6 is 11.3 Å². The van der Waals surface area contributed by atoms with Gasteiger partial charge in [0.1, 0.15) is 11.1 Å². The number of hydrogen-bond donors (Lipinski definition) is 0. The summed E-state index contributed by atoms with van der Waals surface area (Å²) in [5.74, 6) is -0.0827. The minimum Gasteiger partial charge on any atom is -0.461 e. The average molecular weight is 353 g/mol. The molecular weight excluding hydrogens is 327 g/mol. The molecule has 0 saturated heterocycles. The normalized spacial score (nSPS) is 13.8. The number of ether oxygens (including phenoxy) is 2. The summed E-state index contributed by atoms with van der Waals surface area (Å²) in [5, 5.41) is 2.45. The van der Waals surface area contributed by atoms with Crippen LogP contribution in [0, 0.1) is 5.92 Å². The molecule has 1 radical (unpaired) electrons. The Labute approximate surface area is 148 Å². The highest BCUT2D eigenvalue weighted by Crippen LogP contribution is 2.29. The van der Waals surface area contributed by atoms with E-state index >= 15 is 0 Å². The Balaban J connectivity index is 2.92. The van der Waals surface area contributed by atoms with Gasteiger partial charge in [0.05, 0.1) is 12.8 Å². The number of carbonyl (C=O) groups excluding carboxylic acids is 2. The summed E-state index contributed by atoms with van der Waals surface area (Å²) in [6.45, 7) is 8.77. The first kappa shape index (κ1) is 20.8. The molecule has 1 aromatic heterocycles. The smallest absolute Gasteiger partial charge is 0.357 e. The second kappa shape index (κ2) is 10.6. The number of esters is 1. The molecule has 0 spiro atoms. The lowest BCUT2D eigenvalue weighted by molar-refractivity contribution is 0.0360. The molecule has 0 N–H and O–H groups in total. The topological polar surface area (TPSA) is 68.7 Å². The van der Waals surface area contributed by atoms with E-state index in [1.165, 1.54) is 18.8 Å². The van der Waals surface area contributed by atoms with Crippen LogP contribution in [0.2, 0.25) is 0 Å². The van der Waals surface area contributed by atoms with Crippen LogP contribution in [-0.2, 0) is 14.3 Å². The van der Waals surface area contributed by atoms with Gasteiger partial charge < -0.3 is 19.1 Å². The summed E-state index contributed by atoms with van der Waals surface area (Å²) >= 11 is 1.40. The summed E-state index contributed by atoms with van der Waals surface area (Å²) in [5.41, 5.74) is 0.315. The second-order valence-corrected chi connectivity index (χ2v) is 6.62. The number of nitrogens with zero attached hydrogens (tertiary/aromatic N) is 2. The Morgan fingerprint density at radius 3 is 2.67 bits per heavy atom. The predicted molar refractivity (Wildman–Crippen MR) is 95.9 cm³/mol. The van der Waals surface area contributed by atoms with E-state index in [1.807, 2.05) is 18.8 Å². The van der Waals surface area contributed by atoms with Gasteiger partial charge in [-0.1, -0.05) is 13.8 Å².